The van der Waals surface area contributed by atoms with Gasteiger partial charge in [-0.2, -0.15) is 5.10 Å². The van der Waals surface area contributed by atoms with Crippen LogP contribution < -0.4 is 0 Å². The van der Waals surface area contributed by atoms with E-state index in [1.807, 2.05) is 37.1 Å². The van der Waals surface area contributed by atoms with Crippen LogP contribution in [0.1, 0.15) is 0 Å². The van der Waals surface area contributed by atoms with E-state index < -0.39 is 0 Å². The van der Waals surface area contributed by atoms with Gasteiger partial charge < -0.3 is 9.55 Å². The van der Waals surface area contributed by atoms with Crippen LogP contribution >= 0.6 is 0 Å². The molecule has 4 nitrogen and oxygen atoms in total. The van der Waals surface area contributed by atoms with Crippen molar-refractivity contribution < 1.29 is 21.1 Å². The molecule has 0 aliphatic carbocycles. The summed E-state index contributed by atoms with van der Waals surface area (Å²) in [4.78, 5) is 4.18. The van der Waals surface area contributed by atoms with Gasteiger partial charge in [-0.25, -0.2) is 0 Å². The Balaban J connectivity index is 0.00000108. The van der Waals surface area contributed by atoms with Crippen LogP contribution in [0.2, 0.25) is 0 Å². The number of nitrogens with zero attached hydrogens (tertiary/aromatic N) is 4. The fraction of sp³-hybridized carbons (Fsp3) is 0.167. The second-order valence-corrected chi connectivity index (χ2v) is 3.88. The first kappa shape index (κ1) is 12.1. The number of fused-ring (bicyclic) bond motifs is 1. The molecule has 0 N–H and O–H groups in total. The summed E-state index contributed by atoms with van der Waals surface area (Å²) in [5.74, 6) is 0. The molecule has 0 radical (unpaired) electrons. The van der Waals surface area contributed by atoms with Gasteiger partial charge >= 0.3 is 21.1 Å². The first-order valence-corrected chi connectivity index (χ1v) is 5.07. The summed E-state index contributed by atoms with van der Waals surface area (Å²) < 4.78 is 3.70. The summed E-state index contributed by atoms with van der Waals surface area (Å²) in [6.07, 6.45) is 6.77. The van der Waals surface area contributed by atoms with Crippen molar-refractivity contribution in [2.75, 3.05) is 0 Å². The topological polar surface area (TPSA) is 35.6 Å². The summed E-state index contributed by atoms with van der Waals surface area (Å²) in [6.45, 7) is 0. The SMILES string of the molecule is Cn1cc(-c2ccc3n[c-]n(C)c3c2)cn1.[W+2]. The van der Waals surface area contributed by atoms with Crippen molar-refractivity contribution in [3.63, 3.8) is 0 Å². The smallest absolute Gasteiger partial charge is 0.450 e. The third-order valence-electron chi connectivity index (χ3n) is 2.70. The maximum absolute atomic E-state index is 4.18. The van der Waals surface area contributed by atoms with Gasteiger partial charge in [-0.3, -0.25) is 4.68 Å². The zero-order valence-electron chi connectivity index (χ0n) is 9.58. The van der Waals surface area contributed by atoms with Crippen LogP contribution in [0.4, 0.5) is 0 Å². The minimum atomic E-state index is 0. The fourth-order valence-electron chi connectivity index (χ4n) is 1.82. The summed E-state index contributed by atoms with van der Waals surface area (Å²) >= 11 is 0. The zero-order valence-corrected chi connectivity index (χ0v) is 12.5. The Hall–Kier alpha value is -1.41. The Labute approximate surface area is 114 Å². The minimum Gasteiger partial charge on any atom is -0.450 e. The van der Waals surface area contributed by atoms with E-state index in [1.54, 1.807) is 4.68 Å². The standard InChI is InChI=1S/C12H11N4.W/c1-15-8-13-11-4-3-9(5-12(11)15)10-6-14-16(2)7-10;/h3-7H,1-2H3;/q-1;+2. The first-order valence-electron chi connectivity index (χ1n) is 5.07. The molecule has 0 aliphatic heterocycles. The van der Waals surface area contributed by atoms with Crippen LogP contribution in [0.15, 0.2) is 30.6 Å². The molecule has 17 heavy (non-hydrogen) atoms. The fourth-order valence-corrected chi connectivity index (χ4v) is 1.82. The summed E-state index contributed by atoms with van der Waals surface area (Å²) in [7, 11) is 3.86. The number of rotatable bonds is 1. The minimum absolute atomic E-state index is 0. The molecule has 0 unspecified atom stereocenters. The van der Waals surface area contributed by atoms with Gasteiger partial charge in [-0.1, -0.05) is 23.2 Å². The van der Waals surface area contributed by atoms with E-state index in [1.165, 1.54) is 0 Å². The number of benzene rings is 1. The Kier molecular flexibility index (Phi) is 3.16. The molecular weight excluding hydrogens is 384 g/mol. The van der Waals surface area contributed by atoms with E-state index in [0.29, 0.717) is 0 Å². The second kappa shape index (κ2) is 4.46. The number of aromatic nitrogens is 4. The molecule has 2 heterocycles. The van der Waals surface area contributed by atoms with E-state index in [4.69, 9.17) is 0 Å². The Morgan fingerprint density at radius 1 is 1.18 bits per heavy atom. The van der Waals surface area contributed by atoms with Crippen molar-refractivity contribution in [2.24, 2.45) is 14.1 Å². The van der Waals surface area contributed by atoms with Gasteiger partial charge in [0.25, 0.3) is 0 Å². The first-order chi connectivity index (χ1) is 7.74. The quantitative estimate of drug-likeness (QED) is 0.589. The van der Waals surface area contributed by atoms with E-state index in [0.717, 1.165) is 22.2 Å². The number of aryl methyl sites for hydroxylation is 2. The van der Waals surface area contributed by atoms with Crippen LogP contribution in [0, 0.1) is 6.33 Å². The van der Waals surface area contributed by atoms with E-state index >= 15 is 0 Å². The predicted molar refractivity (Wildman–Crippen MR) is 61.8 cm³/mol. The van der Waals surface area contributed by atoms with Crippen LogP contribution in [0.5, 0.6) is 0 Å². The molecule has 0 atom stereocenters. The largest absolute Gasteiger partial charge is 2.00 e. The predicted octanol–water partition coefficient (Wildman–Crippen LogP) is 1.77. The number of hydrogen-bond acceptors (Lipinski definition) is 2. The van der Waals surface area contributed by atoms with E-state index in [-0.39, 0.29) is 21.1 Å². The summed E-state index contributed by atoms with van der Waals surface area (Å²) in [5, 5.41) is 4.17. The van der Waals surface area contributed by atoms with Gasteiger partial charge in [0.05, 0.1) is 6.20 Å². The Morgan fingerprint density at radius 3 is 2.71 bits per heavy atom. The molecule has 0 amide bonds. The molecule has 5 heteroatoms. The number of imidazole rings is 1. The molecule has 2 aromatic heterocycles. The molecule has 0 bridgehead atoms. The van der Waals surface area contributed by atoms with Crippen molar-refractivity contribution in [1.29, 1.82) is 0 Å². The Morgan fingerprint density at radius 2 is 2.00 bits per heavy atom. The molecule has 84 valence electrons. The van der Waals surface area contributed by atoms with Crippen molar-refractivity contribution in [3.8, 4) is 11.1 Å². The van der Waals surface area contributed by atoms with Gasteiger partial charge in [0.15, 0.2) is 0 Å². The summed E-state index contributed by atoms with van der Waals surface area (Å²) in [5.41, 5.74) is 4.32. The molecule has 3 rings (SSSR count). The van der Waals surface area contributed by atoms with Gasteiger partial charge in [0, 0.05) is 25.1 Å². The van der Waals surface area contributed by atoms with Crippen molar-refractivity contribution in [3.05, 3.63) is 36.9 Å². The van der Waals surface area contributed by atoms with Crippen molar-refractivity contribution in [2.45, 2.75) is 0 Å². The molecule has 1 aromatic carbocycles. The zero-order chi connectivity index (χ0) is 11.1. The normalized spacial score (nSPS) is 10.5. The van der Waals surface area contributed by atoms with Gasteiger partial charge in [0.2, 0.25) is 0 Å². The van der Waals surface area contributed by atoms with Crippen molar-refractivity contribution in [1.82, 2.24) is 19.3 Å². The third-order valence-corrected chi connectivity index (χ3v) is 2.70. The molecule has 0 saturated carbocycles. The molecule has 3 aromatic rings. The molecular formula is C12H11N4W+. The van der Waals surface area contributed by atoms with Crippen LogP contribution in [-0.2, 0) is 35.2 Å². The van der Waals surface area contributed by atoms with E-state index in [2.05, 4.69) is 28.5 Å². The maximum Gasteiger partial charge on any atom is 2.00 e. The van der Waals surface area contributed by atoms with Crippen LogP contribution in [0.25, 0.3) is 22.2 Å². The third kappa shape index (κ3) is 2.05. The van der Waals surface area contributed by atoms with Crippen LogP contribution in [0.3, 0.4) is 0 Å². The number of hydrogen-bond donors (Lipinski definition) is 0. The maximum atomic E-state index is 4.18. The monoisotopic (exact) mass is 395 g/mol. The van der Waals surface area contributed by atoms with Gasteiger partial charge in [-0.05, 0) is 12.6 Å². The molecule has 0 fully saturated rings. The van der Waals surface area contributed by atoms with Crippen LogP contribution in [-0.4, -0.2) is 19.3 Å². The van der Waals surface area contributed by atoms with Gasteiger partial charge in [0.1, 0.15) is 0 Å². The molecule has 0 spiro atoms. The van der Waals surface area contributed by atoms with E-state index in [9.17, 15) is 0 Å². The van der Waals surface area contributed by atoms with Gasteiger partial charge in [-0.15, -0.1) is 6.07 Å². The Bertz CT molecular complexity index is 653. The average Bonchev–Trinajstić information content (AvgIpc) is 2.86. The average molecular weight is 395 g/mol. The summed E-state index contributed by atoms with van der Waals surface area (Å²) in [6, 6.07) is 6.17. The molecule has 0 aliphatic rings. The van der Waals surface area contributed by atoms with Crippen molar-refractivity contribution >= 4 is 11.0 Å². The second-order valence-electron chi connectivity index (χ2n) is 3.88. The molecule has 0 saturated heterocycles.